The highest BCUT2D eigenvalue weighted by Crippen LogP contribution is 2.14. The Hall–Kier alpha value is -2.90. The third kappa shape index (κ3) is 4.45. The molecule has 7 nitrogen and oxygen atoms in total. The average Bonchev–Trinajstić information content (AvgIpc) is 3.07. The fourth-order valence-corrected chi connectivity index (χ4v) is 2.71. The number of ether oxygens (including phenoxy) is 1. The van der Waals surface area contributed by atoms with Gasteiger partial charge in [0.05, 0.1) is 12.1 Å². The first-order valence-electron chi connectivity index (χ1n) is 8.37. The fourth-order valence-electron chi connectivity index (χ4n) is 2.58. The van der Waals surface area contributed by atoms with Crippen molar-refractivity contribution >= 4 is 28.9 Å². The monoisotopic (exact) mass is 386 g/mol. The lowest BCUT2D eigenvalue weighted by Gasteiger charge is -2.05. The number of nitrogens with zero attached hydrogens (tertiary/aromatic N) is 2. The lowest BCUT2D eigenvalue weighted by Crippen LogP contribution is -2.28. The number of benzene rings is 1. The van der Waals surface area contributed by atoms with Crippen molar-refractivity contribution in [1.82, 2.24) is 20.0 Å². The van der Waals surface area contributed by atoms with Gasteiger partial charge in [-0.1, -0.05) is 29.8 Å². The molecule has 0 saturated carbocycles. The number of carbonyl (C=O) groups excluding carboxylic acids is 2. The molecule has 2 aromatic heterocycles. The first-order chi connectivity index (χ1) is 13.1. The summed E-state index contributed by atoms with van der Waals surface area (Å²) in [6.45, 7) is 1.08. The smallest absolute Gasteiger partial charge is 0.287 e. The third-order valence-corrected chi connectivity index (χ3v) is 4.18. The Morgan fingerprint density at radius 3 is 2.63 bits per heavy atom. The SMILES string of the molecule is COCCNC(=O)c1nc(C(=O)NCc2ccc(Cl)cc2)n2ccccc12. The van der Waals surface area contributed by atoms with Crippen LogP contribution in [0.5, 0.6) is 0 Å². The zero-order chi connectivity index (χ0) is 19.2. The fraction of sp³-hybridized carbons (Fsp3) is 0.211. The van der Waals surface area contributed by atoms with Crippen molar-refractivity contribution < 1.29 is 14.3 Å². The number of carbonyl (C=O) groups is 2. The molecule has 140 valence electrons. The second-order valence-electron chi connectivity index (χ2n) is 5.80. The number of nitrogens with one attached hydrogen (secondary N) is 2. The number of pyridine rings is 1. The van der Waals surface area contributed by atoms with Crippen LogP contribution < -0.4 is 10.6 Å². The summed E-state index contributed by atoms with van der Waals surface area (Å²) in [5.41, 5.74) is 1.67. The van der Waals surface area contributed by atoms with Crippen molar-refractivity contribution in [1.29, 1.82) is 0 Å². The Morgan fingerprint density at radius 2 is 1.89 bits per heavy atom. The van der Waals surface area contributed by atoms with Crippen molar-refractivity contribution in [3.8, 4) is 0 Å². The largest absolute Gasteiger partial charge is 0.383 e. The van der Waals surface area contributed by atoms with Crippen LogP contribution in [0.25, 0.3) is 5.52 Å². The molecule has 0 aliphatic rings. The van der Waals surface area contributed by atoms with E-state index in [0.29, 0.717) is 30.2 Å². The van der Waals surface area contributed by atoms with Gasteiger partial charge in [0.15, 0.2) is 5.69 Å². The first-order valence-corrected chi connectivity index (χ1v) is 8.75. The highest BCUT2D eigenvalue weighted by molar-refractivity contribution is 6.30. The standard InChI is InChI=1S/C19H19ClN4O3/c1-27-11-9-21-18(25)16-15-4-2-3-10-24(15)17(23-16)19(26)22-12-13-5-7-14(20)8-6-13/h2-8,10H,9,11-12H2,1H3,(H,21,25)(H,22,26). The van der Waals surface area contributed by atoms with Crippen molar-refractivity contribution in [3.63, 3.8) is 0 Å². The molecule has 2 amide bonds. The minimum atomic E-state index is -0.373. The number of imidazole rings is 1. The molecule has 0 fully saturated rings. The van der Waals surface area contributed by atoms with Crippen LogP contribution in [0.15, 0.2) is 48.7 Å². The molecule has 3 rings (SSSR count). The van der Waals surface area contributed by atoms with E-state index in [2.05, 4.69) is 15.6 Å². The molecule has 0 aliphatic heterocycles. The van der Waals surface area contributed by atoms with Gasteiger partial charge in [-0.25, -0.2) is 4.98 Å². The van der Waals surface area contributed by atoms with E-state index in [9.17, 15) is 9.59 Å². The van der Waals surface area contributed by atoms with E-state index in [4.69, 9.17) is 16.3 Å². The Balaban J connectivity index is 1.80. The number of hydrogen-bond acceptors (Lipinski definition) is 4. The zero-order valence-corrected chi connectivity index (χ0v) is 15.5. The van der Waals surface area contributed by atoms with Crippen molar-refractivity contribution in [3.05, 3.63) is 70.8 Å². The van der Waals surface area contributed by atoms with Gasteiger partial charge >= 0.3 is 0 Å². The Morgan fingerprint density at radius 1 is 1.11 bits per heavy atom. The molecule has 0 atom stereocenters. The second-order valence-corrected chi connectivity index (χ2v) is 6.23. The van der Waals surface area contributed by atoms with E-state index >= 15 is 0 Å². The molecule has 3 aromatic rings. The van der Waals surface area contributed by atoms with E-state index < -0.39 is 0 Å². The predicted octanol–water partition coefficient (Wildman–Crippen LogP) is 2.29. The van der Waals surface area contributed by atoms with Gasteiger partial charge in [-0.15, -0.1) is 0 Å². The van der Waals surface area contributed by atoms with Crippen molar-refractivity contribution in [2.24, 2.45) is 0 Å². The van der Waals surface area contributed by atoms with Gasteiger partial charge < -0.3 is 15.4 Å². The summed E-state index contributed by atoms with van der Waals surface area (Å²) in [5, 5.41) is 6.17. The average molecular weight is 387 g/mol. The molecule has 2 heterocycles. The van der Waals surface area contributed by atoms with Gasteiger partial charge in [0, 0.05) is 31.4 Å². The highest BCUT2D eigenvalue weighted by Gasteiger charge is 2.21. The van der Waals surface area contributed by atoms with Crippen LogP contribution in [0.2, 0.25) is 5.02 Å². The normalized spacial score (nSPS) is 10.7. The molecule has 27 heavy (non-hydrogen) atoms. The van der Waals surface area contributed by atoms with Gasteiger partial charge in [0.2, 0.25) is 5.82 Å². The van der Waals surface area contributed by atoms with E-state index in [1.165, 1.54) is 0 Å². The van der Waals surface area contributed by atoms with Gasteiger partial charge in [-0.05, 0) is 29.8 Å². The Kier molecular flexibility index (Phi) is 6.05. The molecule has 8 heteroatoms. The van der Waals surface area contributed by atoms with E-state index in [-0.39, 0.29) is 23.3 Å². The maximum atomic E-state index is 12.6. The van der Waals surface area contributed by atoms with Crippen LogP contribution in [0, 0.1) is 0 Å². The Bertz CT molecular complexity index is 953. The third-order valence-electron chi connectivity index (χ3n) is 3.92. The molecular formula is C19H19ClN4O3. The maximum absolute atomic E-state index is 12.6. The topological polar surface area (TPSA) is 84.7 Å². The van der Waals surface area contributed by atoms with E-state index in [1.807, 2.05) is 12.1 Å². The maximum Gasteiger partial charge on any atom is 0.287 e. The minimum absolute atomic E-state index is 0.149. The van der Waals surface area contributed by atoms with Crippen molar-refractivity contribution in [2.45, 2.75) is 6.54 Å². The van der Waals surface area contributed by atoms with Crippen LogP contribution in [-0.4, -0.2) is 41.5 Å². The first kappa shape index (κ1) is 18.9. The van der Waals surface area contributed by atoms with Gasteiger partial charge in [-0.3, -0.25) is 14.0 Å². The summed E-state index contributed by atoms with van der Waals surface area (Å²) in [7, 11) is 1.56. The highest BCUT2D eigenvalue weighted by atomic mass is 35.5. The summed E-state index contributed by atoms with van der Waals surface area (Å²) >= 11 is 5.87. The summed E-state index contributed by atoms with van der Waals surface area (Å²) in [6, 6.07) is 12.5. The molecule has 2 N–H and O–H groups in total. The van der Waals surface area contributed by atoms with Crippen molar-refractivity contribution in [2.75, 3.05) is 20.3 Å². The molecule has 0 radical (unpaired) electrons. The van der Waals surface area contributed by atoms with Crippen LogP contribution in [0.4, 0.5) is 0 Å². The minimum Gasteiger partial charge on any atom is -0.383 e. The zero-order valence-electron chi connectivity index (χ0n) is 14.7. The molecule has 1 aromatic carbocycles. The molecule has 0 saturated heterocycles. The lowest BCUT2D eigenvalue weighted by molar-refractivity contribution is 0.0934. The number of fused-ring (bicyclic) bond motifs is 1. The summed E-state index contributed by atoms with van der Waals surface area (Å²) in [5.74, 6) is -0.578. The van der Waals surface area contributed by atoms with Gasteiger partial charge in [0.1, 0.15) is 0 Å². The van der Waals surface area contributed by atoms with E-state index in [0.717, 1.165) is 5.56 Å². The van der Waals surface area contributed by atoms with Crippen LogP contribution in [0.1, 0.15) is 26.7 Å². The summed E-state index contributed by atoms with van der Waals surface area (Å²) < 4.78 is 6.53. The number of hydrogen-bond donors (Lipinski definition) is 2. The molecule has 0 bridgehead atoms. The second kappa shape index (κ2) is 8.66. The van der Waals surface area contributed by atoms with E-state index in [1.54, 1.807) is 48.0 Å². The molecular weight excluding hydrogens is 368 g/mol. The number of aromatic nitrogens is 2. The number of amides is 2. The number of methoxy groups -OCH3 is 1. The predicted molar refractivity (Wildman–Crippen MR) is 102 cm³/mol. The van der Waals surface area contributed by atoms with Gasteiger partial charge in [-0.2, -0.15) is 0 Å². The van der Waals surface area contributed by atoms with Crippen LogP contribution >= 0.6 is 11.6 Å². The number of rotatable bonds is 7. The molecule has 0 aliphatic carbocycles. The Labute approximate surface area is 161 Å². The quantitative estimate of drug-likeness (QED) is 0.610. The summed E-state index contributed by atoms with van der Waals surface area (Å²) in [6.07, 6.45) is 1.70. The molecule has 0 unspecified atom stereocenters. The number of halogens is 1. The van der Waals surface area contributed by atoms with Crippen LogP contribution in [-0.2, 0) is 11.3 Å². The molecule has 0 spiro atoms. The van der Waals surface area contributed by atoms with Crippen LogP contribution in [0.3, 0.4) is 0 Å². The lowest BCUT2D eigenvalue weighted by atomic mass is 10.2. The summed E-state index contributed by atoms with van der Waals surface area (Å²) in [4.78, 5) is 29.3. The van der Waals surface area contributed by atoms with Gasteiger partial charge in [0.25, 0.3) is 11.8 Å².